The normalized spacial score (nSPS) is 11.0. The first-order valence-corrected chi connectivity index (χ1v) is 5.40. The summed E-state index contributed by atoms with van der Waals surface area (Å²) in [6.45, 7) is 4.21. The molecular weight excluding hydrogens is 220 g/mol. The first-order chi connectivity index (χ1) is 8.08. The van der Waals surface area contributed by atoms with Crippen LogP contribution in [0, 0.1) is 0 Å². The summed E-state index contributed by atoms with van der Waals surface area (Å²) in [4.78, 5) is 25.4. The van der Waals surface area contributed by atoms with E-state index in [0.717, 1.165) is 4.57 Å². The molecule has 0 aliphatic rings. The Morgan fingerprint density at radius 3 is 2.71 bits per heavy atom. The predicted molar refractivity (Wildman–Crippen MR) is 63.0 cm³/mol. The second kappa shape index (κ2) is 4.40. The Labute approximate surface area is 97.5 Å². The molecule has 2 rings (SSSR count). The van der Waals surface area contributed by atoms with E-state index in [9.17, 15) is 9.59 Å². The van der Waals surface area contributed by atoms with Crippen molar-refractivity contribution in [2.75, 3.05) is 0 Å². The number of hydrogen-bond acceptors (Lipinski definition) is 3. The Morgan fingerprint density at radius 2 is 2.12 bits per heavy atom. The number of hydrogen-bond donors (Lipinski definition) is 1. The van der Waals surface area contributed by atoms with Crippen molar-refractivity contribution >= 4 is 0 Å². The van der Waals surface area contributed by atoms with E-state index in [1.165, 1.54) is 12.3 Å². The molecular formula is C11H14N4O2. The highest BCUT2D eigenvalue weighted by Crippen LogP contribution is 2.04. The van der Waals surface area contributed by atoms with Crippen molar-refractivity contribution in [3.05, 3.63) is 51.1 Å². The number of aromatic amines is 1. The van der Waals surface area contributed by atoms with Gasteiger partial charge in [0.15, 0.2) is 0 Å². The van der Waals surface area contributed by atoms with Crippen molar-refractivity contribution in [1.29, 1.82) is 0 Å². The lowest BCUT2D eigenvalue weighted by molar-refractivity contribution is 0.521. The van der Waals surface area contributed by atoms with Crippen molar-refractivity contribution in [3.63, 3.8) is 0 Å². The molecule has 0 saturated carbocycles. The van der Waals surface area contributed by atoms with Gasteiger partial charge in [0.1, 0.15) is 0 Å². The highest BCUT2D eigenvalue weighted by molar-refractivity contribution is 5.01. The number of aromatic nitrogens is 4. The minimum absolute atomic E-state index is 0.189. The van der Waals surface area contributed by atoms with Crippen molar-refractivity contribution in [3.8, 4) is 0 Å². The number of H-pyrrole nitrogens is 1. The first-order valence-electron chi connectivity index (χ1n) is 5.40. The van der Waals surface area contributed by atoms with E-state index in [4.69, 9.17) is 0 Å². The molecule has 1 N–H and O–H groups in total. The quantitative estimate of drug-likeness (QED) is 0.833. The Balaban J connectivity index is 2.32. The van der Waals surface area contributed by atoms with Gasteiger partial charge in [0.25, 0.3) is 5.56 Å². The second-order valence-electron chi connectivity index (χ2n) is 4.09. The Hall–Kier alpha value is -2.11. The number of nitrogens with zero attached hydrogens (tertiary/aromatic N) is 3. The van der Waals surface area contributed by atoms with Gasteiger partial charge in [-0.3, -0.25) is 14.0 Å². The third-order valence-corrected chi connectivity index (χ3v) is 2.46. The average molecular weight is 234 g/mol. The van der Waals surface area contributed by atoms with E-state index in [2.05, 4.69) is 10.1 Å². The van der Waals surface area contributed by atoms with Crippen LogP contribution in [0.1, 0.15) is 25.6 Å². The standard InChI is InChI=1S/C11H14N4O2/c1-8(2)15-6-4-9(13-15)7-14-10(16)3-5-12-11(14)17/h3-6,8H,7H2,1-2H3,(H,12,17). The van der Waals surface area contributed by atoms with Crippen LogP contribution in [0.3, 0.4) is 0 Å². The van der Waals surface area contributed by atoms with E-state index < -0.39 is 5.69 Å². The van der Waals surface area contributed by atoms with Gasteiger partial charge in [0.05, 0.1) is 12.2 Å². The summed E-state index contributed by atoms with van der Waals surface area (Å²) in [5, 5.41) is 4.29. The highest BCUT2D eigenvalue weighted by atomic mass is 16.2. The molecule has 6 nitrogen and oxygen atoms in total. The van der Waals surface area contributed by atoms with Gasteiger partial charge in [0, 0.05) is 24.5 Å². The van der Waals surface area contributed by atoms with Crippen molar-refractivity contribution in [1.82, 2.24) is 19.3 Å². The molecule has 0 aromatic carbocycles. The summed E-state index contributed by atoms with van der Waals surface area (Å²) in [6, 6.07) is 3.38. The molecule has 0 unspecified atom stereocenters. The summed E-state index contributed by atoms with van der Waals surface area (Å²) in [6.07, 6.45) is 3.18. The lowest BCUT2D eigenvalue weighted by Gasteiger charge is -2.04. The molecule has 0 spiro atoms. The van der Waals surface area contributed by atoms with Gasteiger partial charge in [-0.1, -0.05) is 0 Å². The van der Waals surface area contributed by atoms with Crippen LogP contribution in [0.15, 0.2) is 34.1 Å². The predicted octanol–water partition coefficient (Wildman–Crippen LogP) is 0.362. The minimum atomic E-state index is -0.420. The molecule has 0 atom stereocenters. The minimum Gasteiger partial charge on any atom is -0.314 e. The van der Waals surface area contributed by atoms with Crippen molar-refractivity contribution in [2.45, 2.75) is 26.4 Å². The van der Waals surface area contributed by atoms with Gasteiger partial charge in [0.2, 0.25) is 0 Å². The van der Waals surface area contributed by atoms with Crippen LogP contribution in [-0.2, 0) is 6.54 Å². The highest BCUT2D eigenvalue weighted by Gasteiger charge is 2.05. The van der Waals surface area contributed by atoms with E-state index >= 15 is 0 Å². The van der Waals surface area contributed by atoms with Crippen LogP contribution in [0.5, 0.6) is 0 Å². The van der Waals surface area contributed by atoms with E-state index in [1.807, 2.05) is 20.0 Å². The van der Waals surface area contributed by atoms with Gasteiger partial charge < -0.3 is 4.98 Å². The summed E-state index contributed by atoms with van der Waals surface area (Å²) in [7, 11) is 0. The Morgan fingerprint density at radius 1 is 1.35 bits per heavy atom. The summed E-state index contributed by atoms with van der Waals surface area (Å²) in [5.41, 5.74) is -0.0538. The van der Waals surface area contributed by atoms with Crippen molar-refractivity contribution < 1.29 is 0 Å². The molecule has 90 valence electrons. The molecule has 0 amide bonds. The average Bonchev–Trinajstić information content (AvgIpc) is 2.72. The molecule has 2 heterocycles. The largest absolute Gasteiger partial charge is 0.328 e. The maximum atomic E-state index is 11.5. The zero-order valence-corrected chi connectivity index (χ0v) is 9.75. The molecule has 0 bridgehead atoms. The van der Waals surface area contributed by atoms with Gasteiger partial charge >= 0.3 is 5.69 Å². The SMILES string of the molecule is CC(C)n1ccc(Cn2c(=O)cc[nH]c2=O)n1. The first kappa shape index (κ1) is 11.4. The van der Waals surface area contributed by atoms with Gasteiger partial charge in [-0.15, -0.1) is 0 Å². The summed E-state index contributed by atoms with van der Waals surface area (Å²) < 4.78 is 2.91. The van der Waals surface area contributed by atoms with Crippen LogP contribution < -0.4 is 11.2 Å². The van der Waals surface area contributed by atoms with Gasteiger partial charge in [-0.2, -0.15) is 5.10 Å². The second-order valence-corrected chi connectivity index (χ2v) is 4.09. The maximum Gasteiger partial charge on any atom is 0.328 e. The summed E-state index contributed by atoms with van der Waals surface area (Å²) in [5.74, 6) is 0. The number of rotatable bonds is 3. The fourth-order valence-corrected chi connectivity index (χ4v) is 1.51. The molecule has 2 aromatic heterocycles. The fourth-order valence-electron chi connectivity index (χ4n) is 1.51. The van der Waals surface area contributed by atoms with Crippen LogP contribution in [0.4, 0.5) is 0 Å². The maximum absolute atomic E-state index is 11.5. The van der Waals surface area contributed by atoms with Gasteiger partial charge in [-0.05, 0) is 19.9 Å². The zero-order valence-electron chi connectivity index (χ0n) is 9.75. The third-order valence-electron chi connectivity index (χ3n) is 2.46. The van der Waals surface area contributed by atoms with Gasteiger partial charge in [-0.25, -0.2) is 4.79 Å². The van der Waals surface area contributed by atoms with E-state index in [1.54, 1.807) is 10.7 Å². The smallest absolute Gasteiger partial charge is 0.314 e. The molecule has 0 aliphatic carbocycles. The van der Waals surface area contributed by atoms with Crippen LogP contribution >= 0.6 is 0 Å². The third kappa shape index (κ3) is 2.35. The molecule has 17 heavy (non-hydrogen) atoms. The monoisotopic (exact) mass is 234 g/mol. The topological polar surface area (TPSA) is 72.7 Å². The lowest BCUT2D eigenvalue weighted by Crippen LogP contribution is -2.34. The molecule has 0 radical (unpaired) electrons. The summed E-state index contributed by atoms with van der Waals surface area (Å²) >= 11 is 0. The molecule has 6 heteroatoms. The fraction of sp³-hybridized carbons (Fsp3) is 0.364. The Kier molecular flexibility index (Phi) is 2.95. The molecule has 0 saturated heterocycles. The lowest BCUT2D eigenvalue weighted by atomic mass is 10.4. The molecule has 0 fully saturated rings. The van der Waals surface area contributed by atoms with Crippen molar-refractivity contribution in [2.24, 2.45) is 0 Å². The Bertz CT molecular complexity index is 592. The van der Waals surface area contributed by atoms with E-state index in [0.29, 0.717) is 5.69 Å². The van der Waals surface area contributed by atoms with Crippen LogP contribution in [-0.4, -0.2) is 19.3 Å². The number of nitrogens with one attached hydrogen (secondary N) is 1. The van der Waals surface area contributed by atoms with E-state index in [-0.39, 0.29) is 18.1 Å². The van der Waals surface area contributed by atoms with Crippen LogP contribution in [0.25, 0.3) is 0 Å². The van der Waals surface area contributed by atoms with Crippen LogP contribution in [0.2, 0.25) is 0 Å². The molecule has 0 aliphatic heterocycles. The zero-order chi connectivity index (χ0) is 12.4. The molecule has 2 aromatic rings.